The van der Waals surface area contributed by atoms with Crippen LogP contribution in [0.4, 0.5) is 4.79 Å². The van der Waals surface area contributed by atoms with Crippen LogP contribution in [0.15, 0.2) is 35.5 Å². The van der Waals surface area contributed by atoms with Crippen LogP contribution >= 0.6 is 11.6 Å². The highest BCUT2D eigenvalue weighted by atomic mass is 35.5. The molecule has 0 aliphatic carbocycles. The van der Waals surface area contributed by atoms with Gasteiger partial charge >= 0.3 is 12.0 Å². The number of hydrogen-bond donors (Lipinski definition) is 4. The van der Waals surface area contributed by atoms with E-state index in [2.05, 4.69) is 10.6 Å². The van der Waals surface area contributed by atoms with E-state index in [4.69, 9.17) is 22.1 Å². The van der Waals surface area contributed by atoms with E-state index in [1.54, 1.807) is 24.3 Å². The molecule has 1 aromatic rings. The third-order valence-corrected chi connectivity index (χ3v) is 3.31. The number of carbonyl (C=O) groups excluding carboxylic acids is 1. The zero-order valence-corrected chi connectivity index (χ0v) is 12.4. The molecular formula is C14H16ClN3O4. The maximum atomic E-state index is 11.8. The lowest BCUT2D eigenvalue weighted by Crippen LogP contribution is -2.46. The van der Waals surface area contributed by atoms with Crippen molar-refractivity contribution in [2.75, 3.05) is 19.8 Å². The zero-order chi connectivity index (χ0) is 16.1. The number of carboxylic acid groups (broad SMARTS) is 1. The van der Waals surface area contributed by atoms with Gasteiger partial charge < -0.3 is 26.2 Å². The van der Waals surface area contributed by atoms with Gasteiger partial charge in [-0.15, -0.1) is 0 Å². The lowest BCUT2D eigenvalue weighted by Gasteiger charge is -2.28. The molecule has 0 spiro atoms. The first-order valence-corrected chi connectivity index (χ1v) is 6.98. The Kier molecular flexibility index (Phi) is 5.37. The van der Waals surface area contributed by atoms with E-state index in [9.17, 15) is 14.7 Å². The quantitative estimate of drug-likeness (QED) is 0.583. The summed E-state index contributed by atoms with van der Waals surface area (Å²) in [6.45, 7) is 0.532. The van der Waals surface area contributed by atoms with Gasteiger partial charge in [0.1, 0.15) is 0 Å². The Morgan fingerprint density at radius 1 is 1.45 bits per heavy atom. The van der Waals surface area contributed by atoms with Crippen molar-refractivity contribution in [1.29, 1.82) is 0 Å². The average Bonchev–Trinajstić information content (AvgIpc) is 2.46. The minimum absolute atomic E-state index is 0.0129. The maximum absolute atomic E-state index is 11.8. The van der Waals surface area contributed by atoms with Crippen LogP contribution in [-0.2, 0) is 9.53 Å². The zero-order valence-electron chi connectivity index (χ0n) is 11.6. The molecule has 8 heteroatoms. The molecule has 5 N–H and O–H groups in total. The minimum atomic E-state index is -1.15. The number of ether oxygens (including phenoxy) is 1. The standard InChI is InChI=1S/C14H16ClN3O4/c15-9-3-1-2-8(6-9)12-11(13(19)20)10(7-22-5-4-16)17-14(21)18-12/h1-3,6,12H,4-5,7,16H2,(H,19,20)(H2,17,18,21). The first-order chi connectivity index (χ1) is 10.5. The smallest absolute Gasteiger partial charge is 0.335 e. The van der Waals surface area contributed by atoms with Crippen LogP contribution in [0.5, 0.6) is 0 Å². The number of urea groups is 1. The number of aliphatic carboxylic acids is 1. The Morgan fingerprint density at radius 2 is 2.23 bits per heavy atom. The van der Waals surface area contributed by atoms with Crippen molar-refractivity contribution in [1.82, 2.24) is 10.6 Å². The van der Waals surface area contributed by atoms with Gasteiger partial charge in [-0.2, -0.15) is 0 Å². The summed E-state index contributed by atoms with van der Waals surface area (Å²) in [4.78, 5) is 23.4. The SMILES string of the molecule is NCCOCC1=C(C(=O)O)C(c2cccc(Cl)c2)NC(=O)N1. The van der Waals surface area contributed by atoms with Gasteiger partial charge in [0.2, 0.25) is 0 Å². The molecule has 0 radical (unpaired) electrons. The molecule has 0 saturated carbocycles. The Hall–Kier alpha value is -2.09. The molecule has 1 heterocycles. The van der Waals surface area contributed by atoms with E-state index in [-0.39, 0.29) is 24.5 Å². The number of carbonyl (C=O) groups is 2. The molecule has 0 aromatic heterocycles. The number of hydrogen-bond acceptors (Lipinski definition) is 4. The van der Waals surface area contributed by atoms with Crippen LogP contribution in [0.3, 0.4) is 0 Å². The van der Waals surface area contributed by atoms with Gasteiger partial charge in [-0.05, 0) is 17.7 Å². The third-order valence-electron chi connectivity index (χ3n) is 3.07. The predicted molar refractivity (Wildman–Crippen MR) is 80.4 cm³/mol. The minimum Gasteiger partial charge on any atom is -0.478 e. The first kappa shape index (κ1) is 16.3. The lowest BCUT2D eigenvalue weighted by molar-refractivity contribution is -0.133. The van der Waals surface area contributed by atoms with E-state index < -0.39 is 18.0 Å². The summed E-state index contributed by atoms with van der Waals surface area (Å²) in [5, 5.41) is 15.0. The number of carboxylic acids is 1. The molecular weight excluding hydrogens is 310 g/mol. The summed E-state index contributed by atoms with van der Waals surface area (Å²) in [6.07, 6.45) is 0. The molecule has 1 aliphatic heterocycles. The number of benzene rings is 1. The first-order valence-electron chi connectivity index (χ1n) is 6.60. The van der Waals surface area contributed by atoms with Crippen molar-refractivity contribution >= 4 is 23.6 Å². The van der Waals surface area contributed by atoms with Gasteiger partial charge in [0.05, 0.1) is 30.5 Å². The number of amides is 2. The fraction of sp³-hybridized carbons (Fsp3) is 0.286. The molecule has 0 saturated heterocycles. The summed E-state index contributed by atoms with van der Waals surface area (Å²) in [5.74, 6) is -1.15. The Morgan fingerprint density at radius 3 is 2.86 bits per heavy atom. The highest BCUT2D eigenvalue weighted by Crippen LogP contribution is 2.28. The Labute approximate surface area is 132 Å². The van der Waals surface area contributed by atoms with Crippen LogP contribution in [0.2, 0.25) is 5.02 Å². The van der Waals surface area contributed by atoms with Crippen LogP contribution < -0.4 is 16.4 Å². The second kappa shape index (κ2) is 7.26. The summed E-state index contributed by atoms with van der Waals surface area (Å²) >= 11 is 5.94. The summed E-state index contributed by atoms with van der Waals surface area (Å²) in [5.41, 5.74) is 6.13. The molecule has 0 bridgehead atoms. The third kappa shape index (κ3) is 3.76. The normalized spacial score (nSPS) is 17.9. The summed E-state index contributed by atoms with van der Waals surface area (Å²) in [6, 6.07) is 5.37. The van der Waals surface area contributed by atoms with Crippen molar-refractivity contribution in [3.8, 4) is 0 Å². The molecule has 1 aromatic carbocycles. The Bertz CT molecular complexity index is 618. The van der Waals surface area contributed by atoms with Crippen LogP contribution in [-0.4, -0.2) is 36.9 Å². The van der Waals surface area contributed by atoms with Crippen LogP contribution in [0.1, 0.15) is 11.6 Å². The molecule has 0 fully saturated rings. The summed E-state index contributed by atoms with van der Waals surface area (Å²) < 4.78 is 5.24. The largest absolute Gasteiger partial charge is 0.478 e. The molecule has 1 aliphatic rings. The van der Waals surface area contributed by atoms with Gasteiger partial charge in [-0.25, -0.2) is 9.59 Å². The van der Waals surface area contributed by atoms with E-state index in [0.29, 0.717) is 17.1 Å². The number of nitrogens with two attached hydrogens (primary N) is 1. The van der Waals surface area contributed by atoms with E-state index >= 15 is 0 Å². The van der Waals surface area contributed by atoms with Crippen molar-refractivity contribution in [3.63, 3.8) is 0 Å². The van der Waals surface area contributed by atoms with Gasteiger partial charge in [0.25, 0.3) is 0 Å². The van der Waals surface area contributed by atoms with Crippen molar-refractivity contribution in [3.05, 3.63) is 46.1 Å². The molecule has 2 amide bonds. The maximum Gasteiger partial charge on any atom is 0.335 e. The van der Waals surface area contributed by atoms with Gasteiger partial charge in [0.15, 0.2) is 0 Å². The van der Waals surface area contributed by atoms with Gasteiger partial charge in [-0.1, -0.05) is 23.7 Å². The van der Waals surface area contributed by atoms with Crippen molar-refractivity contribution < 1.29 is 19.4 Å². The molecule has 2 rings (SSSR count). The Balaban J connectivity index is 2.39. The van der Waals surface area contributed by atoms with E-state index in [1.807, 2.05) is 0 Å². The monoisotopic (exact) mass is 325 g/mol. The van der Waals surface area contributed by atoms with Crippen molar-refractivity contribution in [2.24, 2.45) is 5.73 Å². The van der Waals surface area contributed by atoms with Crippen LogP contribution in [0, 0.1) is 0 Å². The fourth-order valence-electron chi connectivity index (χ4n) is 2.18. The number of nitrogens with one attached hydrogen (secondary N) is 2. The highest BCUT2D eigenvalue weighted by molar-refractivity contribution is 6.30. The summed E-state index contributed by atoms with van der Waals surface area (Å²) in [7, 11) is 0. The average molecular weight is 326 g/mol. The second-order valence-corrected chi connectivity index (χ2v) is 5.06. The molecule has 1 unspecified atom stereocenters. The van der Waals surface area contributed by atoms with Gasteiger partial charge in [-0.3, -0.25) is 0 Å². The van der Waals surface area contributed by atoms with E-state index in [1.165, 1.54) is 0 Å². The van der Waals surface area contributed by atoms with Crippen LogP contribution in [0.25, 0.3) is 0 Å². The highest BCUT2D eigenvalue weighted by Gasteiger charge is 2.32. The molecule has 118 valence electrons. The predicted octanol–water partition coefficient (Wildman–Crippen LogP) is 1.01. The second-order valence-electron chi connectivity index (χ2n) is 4.63. The lowest BCUT2D eigenvalue weighted by atomic mass is 9.95. The number of rotatable bonds is 6. The fourth-order valence-corrected chi connectivity index (χ4v) is 2.38. The molecule has 7 nitrogen and oxygen atoms in total. The molecule has 22 heavy (non-hydrogen) atoms. The number of halogens is 1. The van der Waals surface area contributed by atoms with Crippen molar-refractivity contribution in [2.45, 2.75) is 6.04 Å². The molecule has 1 atom stereocenters. The topological polar surface area (TPSA) is 114 Å². The van der Waals surface area contributed by atoms with E-state index in [0.717, 1.165) is 0 Å². The van der Waals surface area contributed by atoms with Gasteiger partial charge in [0, 0.05) is 11.6 Å².